The van der Waals surface area contributed by atoms with Crippen LogP contribution in [0.1, 0.15) is 22.7 Å². The third kappa shape index (κ3) is 3.41. The first-order valence-electron chi connectivity index (χ1n) is 6.19. The lowest BCUT2D eigenvalue weighted by Gasteiger charge is -2.16. The SMILES string of the molecule is Cc1cccc(C(CF)NCc2ccccc2)c1. The van der Waals surface area contributed by atoms with Crippen LogP contribution in [-0.2, 0) is 6.54 Å². The number of aryl methyl sites for hydroxylation is 1. The fourth-order valence-electron chi connectivity index (χ4n) is 1.99. The molecule has 0 bridgehead atoms. The molecule has 2 aromatic carbocycles. The lowest BCUT2D eigenvalue weighted by molar-refractivity contribution is 0.380. The summed E-state index contributed by atoms with van der Waals surface area (Å²) in [4.78, 5) is 0. The van der Waals surface area contributed by atoms with E-state index in [9.17, 15) is 4.39 Å². The van der Waals surface area contributed by atoms with E-state index in [2.05, 4.69) is 5.32 Å². The quantitative estimate of drug-likeness (QED) is 0.842. The van der Waals surface area contributed by atoms with Gasteiger partial charge in [-0.2, -0.15) is 0 Å². The molecule has 0 aliphatic heterocycles. The number of hydrogen-bond donors (Lipinski definition) is 1. The Bertz CT molecular complexity index is 481. The molecular formula is C16H18FN. The molecule has 2 aromatic rings. The van der Waals surface area contributed by atoms with Crippen LogP contribution in [0.5, 0.6) is 0 Å². The zero-order chi connectivity index (χ0) is 12.8. The van der Waals surface area contributed by atoms with Crippen LogP contribution in [0.3, 0.4) is 0 Å². The van der Waals surface area contributed by atoms with Gasteiger partial charge in [0.25, 0.3) is 0 Å². The van der Waals surface area contributed by atoms with E-state index < -0.39 is 6.67 Å². The van der Waals surface area contributed by atoms with E-state index >= 15 is 0 Å². The molecule has 0 saturated heterocycles. The Hall–Kier alpha value is -1.67. The zero-order valence-corrected chi connectivity index (χ0v) is 10.6. The molecule has 0 fully saturated rings. The number of alkyl halides is 1. The molecular weight excluding hydrogens is 225 g/mol. The minimum Gasteiger partial charge on any atom is -0.304 e. The Morgan fingerprint density at radius 2 is 1.83 bits per heavy atom. The van der Waals surface area contributed by atoms with Gasteiger partial charge < -0.3 is 5.32 Å². The highest BCUT2D eigenvalue weighted by Gasteiger charge is 2.10. The first-order valence-corrected chi connectivity index (χ1v) is 6.19. The molecule has 0 radical (unpaired) electrons. The Kier molecular flexibility index (Phi) is 4.48. The van der Waals surface area contributed by atoms with Gasteiger partial charge in [0.2, 0.25) is 0 Å². The molecule has 1 atom stereocenters. The van der Waals surface area contributed by atoms with Crippen molar-refractivity contribution in [2.75, 3.05) is 6.67 Å². The molecule has 0 aromatic heterocycles. The zero-order valence-electron chi connectivity index (χ0n) is 10.6. The van der Waals surface area contributed by atoms with Gasteiger partial charge >= 0.3 is 0 Å². The molecule has 0 aliphatic carbocycles. The number of benzene rings is 2. The number of rotatable bonds is 5. The van der Waals surface area contributed by atoms with E-state index in [-0.39, 0.29) is 6.04 Å². The highest BCUT2D eigenvalue weighted by Crippen LogP contribution is 2.15. The van der Waals surface area contributed by atoms with Crippen LogP contribution in [0.25, 0.3) is 0 Å². The van der Waals surface area contributed by atoms with Crippen LogP contribution >= 0.6 is 0 Å². The molecule has 0 heterocycles. The van der Waals surface area contributed by atoms with Crippen LogP contribution < -0.4 is 5.32 Å². The summed E-state index contributed by atoms with van der Waals surface area (Å²) in [6.07, 6.45) is 0. The van der Waals surface area contributed by atoms with Gasteiger partial charge in [-0.05, 0) is 18.1 Å². The summed E-state index contributed by atoms with van der Waals surface area (Å²) >= 11 is 0. The van der Waals surface area contributed by atoms with Crippen molar-refractivity contribution in [3.05, 3.63) is 71.3 Å². The van der Waals surface area contributed by atoms with Crippen molar-refractivity contribution < 1.29 is 4.39 Å². The smallest absolute Gasteiger partial charge is 0.109 e. The predicted octanol–water partition coefficient (Wildman–Crippen LogP) is 3.80. The molecule has 0 spiro atoms. The van der Waals surface area contributed by atoms with Crippen LogP contribution in [0.15, 0.2) is 54.6 Å². The van der Waals surface area contributed by atoms with E-state index in [0.717, 1.165) is 11.1 Å². The molecule has 1 unspecified atom stereocenters. The van der Waals surface area contributed by atoms with E-state index in [4.69, 9.17) is 0 Å². The topological polar surface area (TPSA) is 12.0 Å². The molecule has 0 aliphatic rings. The van der Waals surface area contributed by atoms with Gasteiger partial charge in [-0.3, -0.25) is 0 Å². The second-order valence-electron chi connectivity index (χ2n) is 4.49. The Labute approximate surface area is 108 Å². The highest BCUT2D eigenvalue weighted by atomic mass is 19.1. The van der Waals surface area contributed by atoms with Gasteiger partial charge in [-0.25, -0.2) is 4.39 Å². The van der Waals surface area contributed by atoms with Gasteiger partial charge in [0.05, 0.1) is 6.04 Å². The third-order valence-corrected chi connectivity index (χ3v) is 2.99. The molecule has 1 nitrogen and oxygen atoms in total. The first kappa shape index (κ1) is 12.8. The van der Waals surface area contributed by atoms with E-state index in [1.807, 2.05) is 61.5 Å². The average molecular weight is 243 g/mol. The summed E-state index contributed by atoms with van der Waals surface area (Å²) in [5.74, 6) is 0. The second-order valence-corrected chi connectivity index (χ2v) is 4.49. The van der Waals surface area contributed by atoms with Gasteiger partial charge in [-0.1, -0.05) is 60.2 Å². The molecule has 2 heteroatoms. The minimum absolute atomic E-state index is 0.231. The lowest BCUT2D eigenvalue weighted by atomic mass is 10.0. The normalized spacial score (nSPS) is 12.3. The second kappa shape index (κ2) is 6.31. The van der Waals surface area contributed by atoms with Crippen molar-refractivity contribution in [1.29, 1.82) is 0 Å². The van der Waals surface area contributed by atoms with E-state index in [1.165, 1.54) is 5.56 Å². The van der Waals surface area contributed by atoms with Crippen molar-refractivity contribution in [3.8, 4) is 0 Å². The third-order valence-electron chi connectivity index (χ3n) is 2.99. The summed E-state index contributed by atoms with van der Waals surface area (Å²) < 4.78 is 13.1. The molecule has 18 heavy (non-hydrogen) atoms. The fourth-order valence-corrected chi connectivity index (χ4v) is 1.99. The van der Waals surface area contributed by atoms with E-state index in [0.29, 0.717) is 6.54 Å². The van der Waals surface area contributed by atoms with Gasteiger partial charge in [-0.15, -0.1) is 0 Å². The summed E-state index contributed by atoms with van der Waals surface area (Å²) in [5, 5.41) is 3.25. The van der Waals surface area contributed by atoms with Gasteiger partial charge in [0.1, 0.15) is 6.67 Å². The molecule has 0 amide bonds. The number of halogens is 1. The van der Waals surface area contributed by atoms with Crippen molar-refractivity contribution in [3.63, 3.8) is 0 Å². The summed E-state index contributed by atoms with van der Waals surface area (Å²) in [7, 11) is 0. The summed E-state index contributed by atoms with van der Waals surface area (Å²) in [6, 6.07) is 17.8. The summed E-state index contributed by atoms with van der Waals surface area (Å²) in [6.45, 7) is 2.32. The molecule has 94 valence electrons. The van der Waals surface area contributed by atoms with Gasteiger partial charge in [0.15, 0.2) is 0 Å². The Balaban J connectivity index is 2.02. The fraction of sp³-hybridized carbons (Fsp3) is 0.250. The average Bonchev–Trinajstić information content (AvgIpc) is 2.41. The van der Waals surface area contributed by atoms with Crippen LogP contribution in [-0.4, -0.2) is 6.67 Å². The first-order chi connectivity index (χ1) is 8.79. The Morgan fingerprint density at radius 3 is 2.50 bits per heavy atom. The molecule has 2 rings (SSSR count). The van der Waals surface area contributed by atoms with Gasteiger partial charge in [0, 0.05) is 6.54 Å². The van der Waals surface area contributed by atoms with E-state index in [1.54, 1.807) is 0 Å². The number of hydrogen-bond acceptors (Lipinski definition) is 1. The van der Waals surface area contributed by atoms with Crippen LogP contribution in [0, 0.1) is 6.92 Å². The maximum Gasteiger partial charge on any atom is 0.109 e. The van der Waals surface area contributed by atoms with Crippen molar-refractivity contribution in [2.24, 2.45) is 0 Å². The molecule has 0 saturated carbocycles. The van der Waals surface area contributed by atoms with Crippen molar-refractivity contribution in [2.45, 2.75) is 19.5 Å². The molecule has 1 N–H and O–H groups in total. The maximum absolute atomic E-state index is 13.1. The maximum atomic E-state index is 13.1. The number of nitrogens with one attached hydrogen (secondary N) is 1. The monoisotopic (exact) mass is 243 g/mol. The lowest BCUT2D eigenvalue weighted by Crippen LogP contribution is -2.22. The minimum atomic E-state index is -0.393. The standard InChI is InChI=1S/C16H18FN/c1-13-6-5-9-15(10-13)16(11-17)18-12-14-7-3-2-4-8-14/h2-10,16,18H,11-12H2,1H3. The summed E-state index contributed by atoms with van der Waals surface area (Å²) in [5.41, 5.74) is 3.34. The Morgan fingerprint density at radius 1 is 1.06 bits per heavy atom. The van der Waals surface area contributed by atoms with Crippen LogP contribution in [0.4, 0.5) is 4.39 Å². The van der Waals surface area contributed by atoms with Crippen molar-refractivity contribution in [1.82, 2.24) is 5.32 Å². The largest absolute Gasteiger partial charge is 0.304 e. The van der Waals surface area contributed by atoms with Crippen LogP contribution in [0.2, 0.25) is 0 Å². The van der Waals surface area contributed by atoms with Crippen molar-refractivity contribution >= 4 is 0 Å². The predicted molar refractivity (Wildman–Crippen MR) is 73.2 cm³/mol. The highest BCUT2D eigenvalue weighted by molar-refractivity contribution is 5.25.